The number of hydrogen-bond acceptors (Lipinski definition) is 1. The molecule has 0 amide bonds. The SMILES string of the molecule is C[Si](C)(C)c1ccc(C(=O)Cl)cc1. The summed E-state index contributed by atoms with van der Waals surface area (Å²) in [6.45, 7) is 6.81. The van der Waals surface area contributed by atoms with Gasteiger partial charge in [0.05, 0.1) is 8.07 Å². The highest BCUT2D eigenvalue weighted by Crippen LogP contribution is 2.06. The highest BCUT2D eigenvalue weighted by molar-refractivity contribution is 6.88. The standard InChI is InChI=1S/C10H13ClOSi/c1-13(2,3)9-6-4-8(5-7-9)10(11)12/h4-7H,1-3H3. The summed E-state index contributed by atoms with van der Waals surface area (Å²) < 4.78 is 0. The molecule has 1 aromatic rings. The largest absolute Gasteiger partial charge is 0.276 e. The van der Waals surface area contributed by atoms with Gasteiger partial charge < -0.3 is 0 Å². The van der Waals surface area contributed by atoms with Crippen LogP contribution in [0.3, 0.4) is 0 Å². The van der Waals surface area contributed by atoms with Crippen LogP contribution in [0.4, 0.5) is 0 Å². The van der Waals surface area contributed by atoms with Crippen LogP contribution in [0.15, 0.2) is 24.3 Å². The maximum Gasteiger partial charge on any atom is 0.252 e. The molecule has 0 saturated carbocycles. The average Bonchev–Trinajstić information content (AvgIpc) is 2.03. The molecule has 0 bridgehead atoms. The van der Waals surface area contributed by atoms with Crippen molar-refractivity contribution in [2.75, 3.05) is 0 Å². The molecule has 0 heterocycles. The fourth-order valence-corrected chi connectivity index (χ4v) is 2.39. The van der Waals surface area contributed by atoms with Gasteiger partial charge in [0.15, 0.2) is 0 Å². The van der Waals surface area contributed by atoms with Crippen molar-refractivity contribution in [2.45, 2.75) is 19.6 Å². The fourth-order valence-electron chi connectivity index (χ4n) is 1.10. The summed E-state index contributed by atoms with van der Waals surface area (Å²) in [7, 11) is -1.25. The molecule has 3 heteroatoms. The summed E-state index contributed by atoms with van der Waals surface area (Å²) in [5.41, 5.74) is 0.573. The summed E-state index contributed by atoms with van der Waals surface area (Å²) >= 11 is 5.34. The summed E-state index contributed by atoms with van der Waals surface area (Å²) in [6, 6.07) is 7.59. The van der Waals surface area contributed by atoms with E-state index in [4.69, 9.17) is 11.6 Å². The van der Waals surface area contributed by atoms with Gasteiger partial charge in [-0.3, -0.25) is 4.79 Å². The van der Waals surface area contributed by atoms with Crippen molar-refractivity contribution in [3.05, 3.63) is 29.8 Å². The van der Waals surface area contributed by atoms with E-state index in [0.717, 1.165) is 0 Å². The first-order valence-corrected chi connectivity index (χ1v) is 8.09. The molecule has 0 fully saturated rings. The predicted molar refractivity (Wildman–Crippen MR) is 59.6 cm³/mol. The molecule has 0 unspecified atom stereocenters. The van der Waals surface area contributed by atoms with Crippen LogP contribution in [-0.2, 0) is 0 Å². The van der Waals surface area contributed by atoms with Gasteiger partial charge in [-0.2, -0.15) is 0 Å². The van der Waals surface area contributed by atoms with E-state index in [1.807, 2.05) is 12.1 Å². The Hall–Kier alpha value is -0.603. The van der Waals surface area contributed by atoms with Crippen LogP contribution in [0.25, 0.3) is 0 Å². The molecule has 0 radical (unpaired) electrons. The lowest BCUT2D eigenvalue weighted by Gasteiger charge is -2.16. The van der Waals surface area contributed by atoms with E-state index >= 15 is 0 Å². The molecule has 70 valence electrons. The molecular weight excluding hydrogens is 200 g/mol. The van der Waals surface area contributed by atoms with E-state index in [-0.39, 0.29) is 5.24 Å². The Bertz CT molecular complexity index is 311. The van der Waals surface area contributed by atoms with Crippen molar-refractivity contribution >= 4 is 30.1 Å². The van der Waals surface area contributed by atoms with Crippen molar-refractivity contribution < 1.29 is 4.79 Å². The van der Waals surface area contributed by atoms with Crippen molar-refractivity contribution in [2.24, 2.45) is 0 Å². The molecule has 0 aliphatic heterocycles. The van der Waals surface area contributed by atoms with Crippen LogP contribution in [0.2, 0.25) is 19.6 Å². The molecule has 0 N–H and O–H groups in total. The summed E-state index contributed by atoms with van der Waals surface area (Å²) in [5, 5.41) is 0.955. The first-order valence-electron chi connectivity index (χ1n) is 4.21. The van der Waals surface area contributed by atoms with E-state index in [0.29, 0.717) is 5.56 Å². The predicted octanol–water partition coefficient (Wildman–Crippen LogP) is 2.61. The molecule has 1 nitrogen and oxygen atoms in total. The third-order valence-electron chi connectivity index (χ3n) is 1.98. The summed E-state index contributed by atoms with van der Waals surface area (Å²) in [6.07, 6.45) is 0. The second kappa shape index (κ2) is 3.64. The molecule has 1 rings (SSSR count). The lowest BCUT2D eigenvalue weighted by atomic mass is 10.2. The number of hydrogen-bond donors (Lipinski definition) is 0. The van der Waals surface area contributed by atoms with Crippen LogP contribution in [-0.4, -0.2) is 13.3 Å². The van der Waals surface area contributed by atoms with Crippen LogP contribution >= 0.6 is 11.6 Å². The molecule has 0 aromatic heterocycles. The lowest BCUT2D eigenvalue weighted by Crippen LogP contribution is -2.37. The van der Waals surface area contributed by atoms with Gasteiger partial charge in [0, 0.05) is 5.56 Å². The smallest absolute Gasteiger partial charge is 0.252 e. The zero-order valence-corrected chi connectivity index (χ0v) is 9.85. The van der Waals surface area contributed by atoms with Crippen LogP contribution in [0.1, 0.15) is 10.4 Å². The van der Waals surface area contributed by atoms with E-state index < -0.39 is 8.07 Å². The Labute approximate surface area is 84.7 Å². The van der Waals surface area contributed by atoms with Gasteiger partial charge in [-0.15, -0.1) is 0 Å². The van der Waals surface area contributed by atoms with Gasteiger partial charge in [0.2, 0.25) is 0 Å². The van der Waals surface area contributed by atoms with E-state index in [1.54, 1.807) is 12.1 Å². The zero-order valence-electron chi connectivity index (χ0n) is 8.10. The molecule has 1 aromatic carbocycles. The first kappa shape index (κ1) is 10.5. The minimum Gasteiger partial charge on any atom is -0.276 e. The Balaban J connectivity index is 3.01. The summed E-state index contributed by atoms with van der Waals surface area (Å²) in [5.74, 6) is 0. The fraction of sp³-hybridized carbons (Fsp3) is 0.300. The van der Waals surface area contributed by atoms with Gasteiger partial charge in [0.25, 0.3) is 5.24 Å². The van der Waals surface area contributed by atoms with Crippen LogP contribution < -0.4 is 5.19 Å². The number of carbonyl (C=O) groups excluding carboxylic acids is 1. The highest BCUT2D eigenvalue weighted by Gasteiger charge is 2.15. The Morgan fingerprint density at radius 1 is 1.15 bits per heavy atom. The molecule has 0 aliphatic rings. The first-order chi connectivity index (χ1) is 5.91. The van der Waals surface area contributed by atoms with Gasteiger partial charge in [0.1, 0.15) is 0 Å². The van der Waals surface area contributed by atoms with Crippen LogP contribution in [0.5, 0.6) is 0 Å². The maximum atomic E-state index is 10.8. The molecule has 0 saturated heterocycles. The van der Waals surface area contributed by atoms with E-state index in [9.17, 15) is 4.79 Å². The van der Waals surface area contributed by atoms with E-state index in [1.165, 1.54) is 5.19 Å². The second-order valence-electron chi connectivity index (χ2n) is 4.10. The number of rotatable bonds is 2. The molecule has 0 spiro atoms. The van der Waals surface area contributed by atoms with Gasteiger partial charge in [-0.1, -0.05) is 49.1 Å². The Kier molecular flexibility index (Phi) is 2.93. The second-order valence-corrected chi connectivity index (χ2v) is 9.52. The third kappa shape index (κ3) is 2.67. The minimum absolute atomic E-state index is 0.387. The van der Waals surface area contributed by atoms with Crippen molar-refractivity contribution in [3.8, 4) is 0 Å². The quantitative estimate of drug-likeness (QED) is 0.544. The Morgan fingerprint density at radius 2 is 1.62 bits per heavy atom. The van der Waals surface area contributed by atoms with E-state index in [2.05, 4.69) is 19.6 Å². The third-order valence-corrected chi connectivity index (χ3v) is 4.26. The number of carbonyl (C=O) groups is 1. The number of benzene rings is 1. The lowest BCUT2D eigenvalue weighted by molar-refractivity contribution is 0.108. The maximum absolute atomic E-state index is 10.8. The van der Waals surface area contributed by atoms with Crippen molar-refractivity contribution in [1.82, 2.24) is 0 Å². The normalized spacial score (nSPS) is 11.4. The monoisotopic (exact) mass is 212 g/mol. The zero-order chi connectivity index (χ0) is 10.1. The molecule has 13 heavy (non-hydrogen) atoms. The van der Waals surface area contributed by atoms with Gasteiger partial charge in [-0.05, 0) is 11.6 Å². The average molecular weight is 213 g/mol. The summed E-state index contributed by atoms with van der Waals surface area (Å²) in [4.78, 5) is 10.8. The van der Waals surface area contributed by atoms with Crippen molar-refractivity contribution in [1.29, 1.82) is 0 Å². The molecule has 0 aliphatic carbocycles. The van der Waals surface area contributed by atoms with Crippen LogP contribution in [0, 0.1) is 0 Å². The topological polar surface area (TPSA) is 17.1 Å². The Morgan fingerprint density at radius 3 is 1.92 bits per heavy atom. The van der Waals surface area contributed by atoms with Gasteiger partial charge >= 0.3 is 0 Å². The molecule has 0 atom stereocenters. The number of halogens is 1. The highest BCUT2D eigenvalue weighted by atomic mass is 35.5. The van der Waals surface area contributed by atoms with Gasteiger partial charge in [-0.25, -0.2) is 0 Å². The molecular formula is C10H13ClOSi. The van der Waals surface area contributed by atoms with Crippen molar-refractivity contribution in [3.63, 3.8) is 0 Å². The minimum atomic E-state index is -1.25.